The topological polar surface area (TPSA) is 33.2 Å². The molecule has 2 aromatic rings. The minimum atomic E-state index is -0.284. The summed E-state index contributed by atoms with van der Waals surface area (Å²) in [4.78, 5) is 18.0. The lowest BCUT2D eigenvalue weighted by molar-refractivity contribution is 0.0742. The molecule has 0 aliphatic rings. The predicted octanol–water partition coefficient (Wildman–Crippen LogP) is 3.82. The molecule has 5 heteroatoms. The fourth-order valence-electron chi connectivity index (χ4n) is 1.88. The van der Waals surface area contributed by atoms with Crippen LogP contribution in [0.1, 0.15) is 28.9 Å². The lowest BCUT2D eigenvalue weighted by Crippen LogP contribution is -2.29. The van der Waals surface area contributed by atoms with Gasteiger partial charge >= 0.3 is 0 Å². The summed E-state index contributed by atoms with van der Waals surface area (Å²) in [5.74, 6) is -0.391. The second kappa shape index (κ2) is 6.13. The van der Waals surface area contributed by atoms with Crippen molar-refractivity contribution in [3.63, 3.8) is 0 Å². The maximum atomic E-state index is 12.9. The quantitative estimate of drug-likeness (QED) is 0.798. The normalized spacial score (nSPS) is 12.0. The molecule has 0 N–H and O–H groups in total. The molecule has 0 aliphatic carbocycles. The van der Waals surface area contributed by atoms with E-state index in [0.29, 0.717) is 10.2 Å². The van der Waals surface area contributed by atoms with E-state index in [0.717, 1.165) is 5.56 Å². The van der Waals surface area contributed by atoms with E-state index in [2.05, 4.69) is 20.9 Å². The van der Waals surface area contributed by atoms with E-state index >= 15 is 0 Å². The third-order valence-electron chi connectivity index (χ3n) is 3.23. The number of hydrogen-bond donors (Lipinski definition) is 0. The number of hydrogen-bond acceptors (Lipinski definition) is 2. The molecule has 0 fully saturated rings. The van der Waals surface area contributed by atoms with Gasteiger partial charge in [0.05, 0.1) is 6.04 Å². The van der Waals surface area contributed by atoms with Crippen LogP contribution in [0.25, 0.3) is 0 Å². The number of halogens is 2. The highest BCUT2D eigenvalue weighted by molar-refractivity contribution is 9.10. The van der Waals surface area contributed by atoms with Gasteiger partial charge in [0.15, 0.2) is 0 Å². The predicted molar refractivity (Wildman–Crippen MR) is 78.8 cm³/mol. The molecule has 1 aromatic heterocycles. The van der Waals surface area contributed by atoms with Crippen LogP contribution in [-0.2, 0) is 0 Å². The molecule has 0 radical (unpaired) electrons. The second-order valence-electron chi connectivity index (χ2n) is 4.51. The molecule has 1 unspecified atom stereocenters. The van der Waals surface area contributed by atoms with Crippen molar-refractivity contribution in [2.75, 3.05) is 7.05 Å². The number of benzene rings is 1. The van der Waals surface area contributed by atoms with Gasteiger partial charge in [-0.2, -0.15) is 0 Å². The van der Waals surface area contributed by atoms with E-state index in [-0.39, 0.29) is 17.8 Å². The van der Waals surface area contributed by atoms with Crippen LogP contribution in [0.3, 0.4) is 0 Å². The van der Waals surface area contributed by atoms with E-state index in [1.807, 2.05) is 6.92 Å². The summed E-state index contributed by atoms with van der Waals surface area (Å²) in [5.41, 5.74) is 1.44. The Morgan fingerprint density at radius 3 is 2.55 bits per heavy atom. The molecular formula is C15H14BrFN2O. The minimum absolute atomic E-state index is 0.107. The first-order chi connectivity index (χ1) is 9.49. The Bertz CT molecular complexity index is 616. The van der Waals surface area contributed by atoms with Gasteiger partial charge in [0.1, 0.15) is 10.4 Å². The first-order valence-electron chi connectivity index (χ1n) is 6.13. The largest absolute Gasteiger partial charge is 0.335 e. The van der Waals surface area contributed by atoms with Crippen LogP contribution in [0.15, 0.2) is 47.2 Å². The molecule has 0 bridgehead atoms. The van der Waals surface area contributed by atoms with Gasteiger partial charge in [-0.05, 0) is 52.7 Å². The Labute approximate surface area is 125 Å². The van der Waals surface area contributed by atoms with Crippen LogP contribution in [0.5, 0.6) is 0 Å². The third-order valence-corrected chi connectivity index (χ3v) is 3.66. The highest BCUT2D eigenvalue weighted by atomic mass is 79.9. The van der Waals surface area contributed by atoms with Crippen molar-refractivity contribution >= 4 is 21.8 Å². The average Bonchev–Trinajstić information content (AvgIpc) is 2.46. The van der Waals surface area contributed by atoms with Crippen molar-refractivity contribution in [3.8, 4) is 0 Å². The van der Waals surface area contributed by atoms with Gasteiger partial charge in [-0.15, -0.1) is 0 Å². The molecule has 0 spiro atoms. The molecule has 1 amide bonds. The molecular weight excluding hydrogens is 323 g/mol. The van der Waals surface area contributed by atoms with Crippen molar-refractivity contribution in [3.05, 3.63) is 64.1 Å². The Kier molecular flexibility index (Phi) is 4.49. The van der Waals surface area contributed by atoms with Gasteiger partial charge in [-0.25, -0.2) is 9.37 Å². The molecule has 20 heavy (non-hydrogen) atoms. The molecule has 1 heterocycles. The fourth-order valence-corrected chi connectivity index (χ4v) is 2.24. The second-order valence-corrected chi connectivity index (χ2v) is 5.32. The van der Waals surface area contributed by atoms with Gasteiger partial charge in [-0.1, -0.05) is 12.1 Å². The van der Waals surface area contributed by atoms with Crippen molar-refractivity contribution in [1.82, 2.24) is 9.88 Å². The number of nitrogens with zero attached hydrogens (tertiary/aromatic N) is 2. The van der Waals surface area contributed by atoms with Crippen molar-refractivity contribution < 1.29 is 9.18 Å². The number of aromatic nitrogens is 1. The summed E-state index contributed by atoms with van der Waals surface area (Å²) >= 11 is 3.25. The molecule has 104 valence electrons. The number of pyridine rings is 1. The minimum Gasteiger partial charge on any atom is -0.335 e. The monoisotopic (exact) mass is 336 g/mol. The number of carbonyl (C=O) groups excluding carboxylic acids is 1. The van der Waals surface area contributed by atoms with Crippen LogP contribution < -0.4 is 0 Å². The Morgan fingerprint density at radius 1 is 1.30 bits per heavy atom. The summed E-state index contributed by atoms with van der Waals surface area (Å²) < 4.78 is 13.5. The number of carbonyl (C=O) groups is 1. The lowest BCUT2D eigenvalue weighted by atomic mass is 10.1. The van der Waals surface area contributed by atoms with E-state index in [1.165, 1.54) is 12.1 Å². The van der Waals surface area contributed by atoms with E-state index in [9.17, 15) is 9.18 Å². The van der Waals surface area contributed by atoms with Crippen molar-refractivity contribution in [1.29, 1.82) is 0 Å². The molecule has 0 saturated heterocycles. The zero-order valence-corrected chi connectivity index (χ0v) is 12.8. The molecule has 0 saturated carbocycles. The van der Waals surface area contributed by atoms with E-state index in [1.54, 1.807) is 42.4 Å². The summed E-state index contributed by atoms with van der Waals surface area (Å²) in [6, 6.07) is 9.37. The summed E-state index contributed by atoms with van der Waals surface area (Å²) in [6.07, 6.45) is 1.58. The van der Waals surface area contributed by atoms with Crippen molar-refractivity contribution in [2.45, 2.75) is 13.0 Å². The molecule has 1 aromatic carbocycles. The highest BCUT2D eigenvalue weighted by Crippen LogP contribution is 2.21. The van der Waals surface area contributed by atoms with Gasteiger partial charge < -0.3 is 4.90 Å². The zero-order chi connectivity index (χ0) is 14.7. The van der Waals surface area contributed by atoms with Crippen LogP contribution in [0.2, 0.25) is 0 Å². The smallest absolute Gasteiger partial charge is 0.254 e. The van der Waals surface area contributed by atoms with Crippen molar-refractivity contribution in [2.24, 2.45) is 0 Å². The summed E-state index contributed by atoms with van der Waals surface area (Å²) in [6.45, 7) is 1.90. The van der Waals surface area contributed by atoms with Crippen LogP contribution in [-0.4, -0.2) is 22.8 Å². The van der Waals surface area contributed by atoms with Crippen LogP contribution >= 0.6 is 15.9 Å². The molecule has 3 nitrogen and oxygen atoms in total. The average molecular weight is 337 g/mol. The Balaban J connectivity index is 2.20. The Hall–Kier alpha value is -1.75. The highest BCUT2D eigenvalue weighted by Gasteiger charge is 2.19. The maximum absolute atomic E-state index is 12.9. The van der Waals surface area contributed by atoms with Crippen LogP contribution in [0.4, 0.5) is 4.39 Å². The standard InChI is InChI=1S/C15H14BrFN2O/c1-10(11-3-5-13(17)6-4-11)19(2)15(20)12-7-8-18-14(16)9-12/h3-10H,1-2H3. The number of amides is 1. The maximum Gasteiger partial charge on any atom is 0.254 e. The van der Waals surface area contributed by atoms with Crippen LogP contribution in [0, 0.1) is 5.82 Å². The first-order valence-corrected chi connectivity index (χ1v) is 6.92. The fraction of sp³-hybridized carbons (Fsp3) is 0.200. The lowest BCUT2D eigenvalue weighted by Gasteiger charge is -2.25. The van der Waals surface area contributed by atoms with Gasteiger partial charge in [0, 0.05) is 18.8 Å². The molecule has 2 rings (SSSR count). The molecule has 1 atom stereocenters. The first kappa shape index (κ1) is 14.7. The van der Waals surface area contributed by atoms with E-state index < -0.39 is 0 Å². The summed E-state index contributed by atoms with van der Waals surface area (Å²) in [5, 5.41) is 0. The van der Waals surface area contributed by atoms with Gasteiger partial charge in [-0.3, -0.25) is 4.79 Å². The zero-order valence-electron chi connectivity index (χ0n) is 11.2. The number of rotatable bonds is 3. The summed E-state index contributed by atoms with van der Waals surface area (Å²) in [7, 11) is 1.73. The van der Waals surface area contributed by atoms with Gasteiger partial charge in [0.2, 0.25) is 0 Å². The molecule has 0 aliphatic heterocycles. The third kappa shape index (κ3) is 3.22. The Morgan fingerprint density at radius 2 is 1.95 bits per heavy atom. The van der Waals surface area contributed by atoms with E-state index in [4.69, 9.17) is 0 Å². The van der Waals surface area contributed by atoms with Gasteiger partial charge in [0.25, 0.3) is 5.91 Å². The SMILES string of the molecule is CC(c1ccc(F)cc1)N(C)C(=O)c1ccnc(Br)c1.